The molecule has 2 aromatic heterocycles. The third kappa shape index (κ3) is 3.97. The number of hydrogen-bond acceptors (Lipinski definition) is 5. The molecule has 0 fully saturated rings. The number of aromatic nitrogens is 4. The van der Waals surface area contributed by atoms with Crippen LogP contribution in [0, 0.1) is 11.6 Å². The molecular weight excluding hydrogens is 400 g/mol. The number of aromatic amines is 1. The summed E-state index contributed by atoms with van der Waals surface area (Å²) in [5.41, 5.74) is 2.17. The van der Waals surface area contributed by atoms with Crippen LogP contribution in [0.4, 0.5) is 20.4 Å². The molecule has 0 radical (unpaired) electrons. The van der Waals surface area contributed by atoms with Gasteiger partial charge in [0.05, 0.1) is 5.69 Å². The monoisotopic (exact) mass is 415 g/mol. The van der Waals surface area contributed by atoms with Gasteiger partial charge in [-0.05, 0) is 26.3 Å². The van der Waals surface area contributed by atoms with E-state index in [4.69, 9.17) is 16.3 Å². The van der Waals surface area contributed by atoms with Gasteiger partial charge in [0.1, 0.15) is 16.8 Å². The van der Waals surface area contributed by atoms with Crippen LogP contribution in [-0.2, 0) is 6.42 Å². The summed E-state index contributed by atoms with van der Waals surface area (Å²) in [6.07, 6.45) is 5.69. The smallest absolute Gasteiger partial charge is 0.325 e. The Balaban J connectivity index is 1.62. The second kappa shape index (κ2) is 7.63. The van der Waals surface area contributed by atoms with Crippen LogP contribution in [0.15, 0.2) is 29.8 Å². The normalized spacial score (nSPS) is 12.9. The molecule has 0 amide bonds. The number of halogens is 3. The van der Waals surface area contributed by atoms with Gasteiger partial charge in [0, 0.05) is 29.3 Å². The topological polar surface area (TPSA) is 75.7 Å². The van der Waals surface area contributed by atoms with Crippen LogP contribution in [0.25, 0.3) is 12.2 Å². The van der Waals surface area contributed by atoms with E-state index >= 15 is 0 Å². The summed E-state index contributed by atoms with van der Waals surface area (Å²) in [6, 6.07) is 4.00. The highest BCUT2D eigenvalue weighted by atomic mass is 35.5. The molecule has 1 aliphatic carbocycles. The van der Waals surface area contributed by atoms with Gasteiger partial charge in [-0.3, -0.25) is 5.10 Å². The van der Waals surface area contributed by atoms with Gasteiger partial charge in [-0.1, -0.05) is 29.3 Å². The van der Waals surface area contributed by atoms with E-state index in [0.717, 1.165) is 17.3 Å². The number of benzene rings is 1. The molecule has 2 N–H and O–H groups in total. The summed E-state index contributed by atoms with van der Waals surface area (Å²) in [7, 11) is 0. The number of nitrogens with one attached hydrogen (secondary N) is 2. The fourth-order valence-electron chi connectivity index (χ4n) is 3.04. The molecule has 6 nitrogen and oxygen atoms in total. The largest absolute Gasteiger partial charge is 0.421 e. The van der Waals surface area contributed by atoms with E-state index in [1.54, 1.807) is 12.1 Å². The van der Waals surface area contributed by atoms with E-state index < -0.39 is 11.6 Å². The SMILES string of the molecule is C/C=C/c1cc(Nc2cc(Cl)nc(Oc3cc(F)c4c(c3F)C=C(C)C4)n2)n[nH]1. The molecule has 0 saturated heterocycles. The summed E-state index contributed by atoms with van der Waals surface area (Å²) in [5, 5.41) is 9.95. The van der Waals surface area contributed by atoms with E-state index in [1.807, 2.05) is 26.0 Å². The van der Waals surface area contributed by atoms with Crippen molar-refractivity contribution in [1.82, 2.24) is 20.2 Å². The van der Waals surface area contributed by atoms with Gasteiger partial charge in [0.2, 0.25) is 0 Å². The minimum atomic E-state index is -0.667. The molecular formula is C20H16ClF2N5O. The maximum atomic E-state index is 14.8. The standard InChI is InChI=1S/C20H16ClF2N5O/c1-3-4-11-7-18(28-27-11)25-17-9-16(21)24-20(26-17)29-15-8-14(22)12-5-10(2)6-13(12)19(15)23/h3-4,6-9H,5H2,1-2H3,(H2,24,25,26,27,28)/b4-3+. The van der Waals surface area contributed by atoms with Gasteiger partial charge >= 0.3 is 6.01 Å². The van der Waals surface area contributed by atoms with Crippen molar-refractivity contribution in [2.45, 2.75) is 20.3 Å². The van der Waals surface area contributed by atoms with Gasteiger partial charge in [0.15, 0.2) is 17.4 Å². The van der Waals surface area contributed by atoms with Crippen LogP contribution < -0.4 is 10.1 Å². The molecule has 1 aromatic carbocycles. The van der Waals surface area contributed by atoms with Crippen molar-refractivity contribution in [2.24, 2.45) is 0 Å². The van der Waals surface area contributed by atoms with Crippen molar-refractivity contribution in [3.05, 3.63) is 63.5 Å². The molecule has 0 atom stereocenters. The lowest BCUT2D eigenvalue weighted by Gasteiger charge is -2.10. The van der Waals surface area contributed by atoms with Gasteiger partial charge in [-0.15, -0.1) is 0 Å². The van der Waals surface area contributed by atoms with Crippen molar-refractivity contribution in [1.29, 1.82) is 0 Å². The molecule has 29 heavy (non-hydrogen) atoms. The molecule has 2 heterocycles. The number of ether oxygens (including phenoxy) is 1. The van der Waals surface area contributed by atoms with E-state index in [9.17, 15) is 8.78 Å². The quantitative estimate of drug-likeness (QED) is 0.526. The van der Waals surface area contributed by atoms with E-state index in [-0.39, 0.29) is 28.3 Å². The predicted molar refractivity (Wildman–Crippen MR) is 107 cm³/mol. The van der Waals surface area contributed by atoms with Gasteiger partial charge < -0.3 is 10.1 Å². The second-order valence-corrected chi connectivity index (χ2v) is 6.91. The highest BCUT2D eigenvalue weighted by molar-refractivity contribution is 6.29. The number of allylic oxidation sites excluding steroid dienone is 2. The van der Waals surface area contributed by atoms with Gasteiger partial charge in [-0.2, -0.15) is 15.1 Å². The maximum absolute atomic E-state index is 14.8. The van der Waals surface area contributed by atoms with Crippen molar-refractivity contribution >= 4 is 35.4 Å². The Kier molecular flexibility index (Phi) is 5.02. The number of nitrogens with zero attached hydrogens (tertiary/aromatic N) is 3. The first-order valence-electron chi connectivity index (χ1n) is 8.78. The molecule has 0 saturated carbocycles. The van der Waals surface area contributed by atoms with Crippen molar-refractivity contribution < 1.29 is 13.5 Å². The Morgan fingerprint density at radius 2 is 2.03 bits per heavy atom. The van der Waals surface area contributed by atoms with Gasteiger partial charge in [0.25, 0.3) is 0 Å². The highest BCUT2D eigenvalue weighted by Gasteiger charge is 2.23. The highest BCUT2D eigenvalue weighted by Crippen LogP contribution is 2.36. The first-order chi connectivity index (χ1) is 13.9. The zero-order chi connectivity index (χ0) is 20.5. The lowest BCUT2D eigenvalue weighted by molar-refractivity contribution is 0.406. The van der Waals surface area contributed by atoms with E-state index in [2.05, 4.69) is 25.5 Å². The Bertz CT molecular complexity index is 1160. The maximum Gasteiger partial charge on any atom is 0.325 e. The number of H-pyrrole nitrogens is 1. The number of rotatable bonds is 5. The Morgan fingerprint density at radius 1 is 1.21 bits per heavy atom. The Labute approximate surface area is 170 Å². The third-order valence-corrected chi connectivity index (χ3v) is 4.44. The van der Waals surface area contributed by atoms with Crippen LogP contribution in [0.5, 0.6) is 11.8 Å². The summed E-state index contributed by atoms with van der Waals surface area (Å²) >= 11 is 6.03. The molecule has 0 unspecified atom stereocenters. The van der Waals surface area contributed by atoms with E-state index in [1.165, 1.54) is 6.07 Å². The van der Waals surface area contributed by atoms with Crippen LogP contribution in [-0.4, -0.2) is 20.2 Å². The Hall–Kier alpha value is -3.26. The molecule has 0 spiro atoms. The number of anilines is 2. The van der Waals surface area contributed by atoms with Crippen LogP contribution >= 0.6 is 11.6 Å². The number of hydrogen-bond donors (Lipinski definition) is 2. The fourth-order valence-corrected chi connectivity index (χ4v) is 3.22. The van der Waals surface area contributed by atoms with Crippen LogP contribution in [0.3, 0.4) is 0 Å². The average molecular weight is 416 g/mol. The second-order valence-electron chi connectivity index (χ2n) is 6.52. The minimum Gasteiger partial charge on any atom is -0.421 e. The summed E-state index contributed by atoms with van der Waals surface area (Å²) in [6.45, 7) is 3.70. The zero-order valence-electron chi connectivity index (χ0n) is 15.6. The molecule has 9 heteroatoms. The average Bonchev–Trinajstić information content (AvgIpc) is 3.26. The molecule has 4 rings (SSSR count). The first kappa shape index (κ1) is 19.1. The predicted octanol–water partition coefficient (Wildman–Crippen LogP) is 5.66. The molecule has 0 aliphatic heterocycles. The Morgan fingerprint density at radius 3 is 2.83 bits per heavy atom. The summed E-state index contributed by atoms with van der Waals surface area (Å²) in [4.78, 5) is 8.09. The van der Waals surface area contributed by atoms with E-state index in [0.29, 0.717) is 17.8 Å². The fraction of sp³-hybridized carbons (Fsp3) is 0.150. The minimum absolute atomic E-state index is 0.0690. The molecule has 148 valence electrons. The number of fused-ring (bicyclic) bond motifs is 1. The summed E-state index contributed by atoms with van der Waals surface area (Å²) < 4.78 is 34.5. The summed E-state index contributed by atoms with van der Waals surface area (Å²) in [5.74, 6) is -0.737. The molecule has 0 bridgehead atoms. The molecule has 1 aliphatic rings. The van der Waals surface area contributed by atoms with Crippen molar-refractivity contribution in [3.63, 3.8) is 0 Å². The first-order valence-corrected chi connectivity index (χ1v) is 9.16. The third-order valence-electron chi connectivity index (χ3n) is 4.25. The lowest BCUT2D eigenvalue weighted by Crippen LogP contribution is -2.02. The van der Waals surface area contributed by atoms with Gasteiger partial charge in [-0.25, -0.2) is 8.78 Å². The van der Waals surface area contributed by atoms with Crippen molar-refractivity contribution in [2.75, 3.05) is 5.32 Å². The van der Waals surface area contributed by atoms with Crippen molar-refractivity contribution in [3.8, 4) is 11.8 Å². The molecule has 3 aromatic rings. The van der Waals surface area contributed by atoms with Crippen LogP contribution in [0.2, 0.25) is 5.15 Å². The zero-order valence-corrected chi connectivity index (χ0v) is 16.3. The van der Waals surface area contributed by atoms with Crippen LogP contribution in [0.1, 0.15) is 30.7 Å². The lowest BCUT2D eigenvalue weighted by atomic mass is 10.1.